The smallest absolute Gasteiger partial charge is 0.162 e. The first-order chi connectivity index (χ1) is 10.1. The van der Waals surface area contributed by atoms with E-state index in [9.17, 15) is 0 Å². The second-order valence-electron chi connectivity index (χ2n) is 4.88. The Kier molecular flexibility index (Phi) is 4.48. The van der Waals surface area contributed by atoms with E-state index in [0.717, 1.165) is 37.1 Å². The van der Waals surface area contributed by atoms with Gasteiger partial charge in [-0.3, -0.25) is 0 Å². The molecule has 0 bridgehead atoms. The fourth-order valence-electron chi connectivity index (χ4n) is 2.36. The van der Waals surface area contributed by atoms with E-state index in [4.69, 9.17) is 21.1 Å². The predicted octanol–water partition coefficient (Wildman–Crippen LogP) is 5.62. The van der Waals surface area contributed by atoms with Gasteiger partial charge in [0.25, 0.3) is 0 Å². The van der Waals surface area contributed by atoms with E-state index in [1.807, 2.05) is 24.3 Å². The summed E-state index contributed by atoms with van der Waals surface area (Å²) in [4.78, 5) is 0. The monoisotopic (exact) mass is 430 g/mol. The fraction of sp³-hybridized carbons (Fsp3) is 0.250. The van der Waals surface area contributed by atoms with E-state index in [1.54, 1.807) is 0 Å². The van der Waals surface area contributed by atoms with Gasteiger partial charge in [0.2, 0.25) is 0 Å². The lowest BCUT2D eigenvalue weighted by molar-refractivity contribution is 0.171. The molecular formula is C16H13Br2ClO2. The van der Waals surface area contributed by atoms with Gasteiger partial charge in [-0.2, -0.15) is 0 Å². The van der Waals surface area contributed by atoms with Crippen LogP contribution in [0.1, 0.15) is 22.1 Å². The van der Waals surface area contributed by atoms with Gasteiger partial charge in [-0.25, -0.2) is 0 Å². The summed E-state index contributed by atoms with van der Waals surface area (Å²) >= 11 is 13.8. The van der Waals surface area contributed by atoms with Crippen molar-refractivity contribution in [1.29, 1.82) is 0 Å². The molecule has 110 valence electrons. The Bertz CT molecular complexity index is 688. The third-order valence-electron chi connectivity index (χ3n) is 3.44. The largest absolute Gasteiger partial charge is 0.486 e. The molecule has 2 aromatic rings. The summed E-state index contributed by atoms with van der Waals surface area (Å²) in [6.07, 6.45) is 0. The van der Waals surface area contributed by atoms with E-state index >= 15 is 0 Å². The average Bonchev–Trinajstić information content (AvgIpc) is 2.46. The zero-order chi connectivity index (χ0) is 15.0. The number of benzene rings is 2. The van der Waals surface area contributed by atoms with Gasteiger partial charge in [-0.15, -0.1) is 11.6 Å². The Hall–Kier alpha value is -0.710. The normalized spacial score (nSPS) is 14.9. The average molecular weight is 433 g/mol. The minimum Gasteiger partial charge on any atom is -0.486 e. The van der Waals surface area contributed by atoms with Crippen LogP contribution in [0, 0.1) is 6.92 Å². The molecule has 0 N–H and O–H groups in total. The Morgan fingerprint density at radius 2 is 1.67 bits per heavy atom. The van der Waals surface area contributed by atoms with E-state index in [2.05, 4.69) is 44.8 Å². The number of hydrogen-bond acceptors (Lipinski definition) is 2. The second kappa shape index (κ2) is 6.19. The van der Waals surface area contributed by atoms with Crippen LogP contribution in [0.2, 0.25) is 0 Å². The summed E-state index contributed by atoms with van der Waals surface area (Å²) in [7, 11) is 0. The van der Waals surface area contributed by atoms with Gasteiger partial charge in [0.1, 0.15) is 13.2 Å². The molecule has 0 aromatic heterocycles. The number of alkyl halides is 1. The quantitative estimate of drug-likeness (QED) is 0.574. The van der Waals surface area contributed by atoms with Crippen molar-refractivity contribution in [3.8, 4) is 11.5 Å². The molecule has 0 fully saturated rings. The van der Waals surface area contributed by atoms with Crippen LogP contribution in [0.3, 0.4) is 0 Å². The highest BCUT2D eigenvalue weighted by molar-refractivity contribution is 9.10. The van der Waals surface area contributed by atoms with Crippen molar-refractivity contribution in [2.24, 2.45) is 0 Å². The van der Waals surface area contributed by atoms with Crippen LogP contribution in [0.15, 0.2) is 39.3 Å². The number of hydrogen-bond donors (Lipinski definition) is 0. The molecule has 2 nitrogen and oxygen atoms in total. The first kappa shape index (κ1) is 15.2. The predicted molar refractivity (Wildman–Crippen MR) is 91.7 cm³/mol. The number of fused-ring (bicyclic) bond motifs is 1. The first-order valence-corrected chi connectivity index (χ1v) is 8.57. The maximum absolute atomic E-state index is 6.70. The summed E-state index contributed by atoms with van der Waals surface area (Å²) in [5, 5.41) is -0.247. The molecule has 21 heavy (non-hydrogen) atoms. The highest BCUT2D eigenvalue weighted by Crippen LogP contribution is 2.42. The fourth-order valence-corrected chi connectivity index (χ4v) is 3.95. The maximum Gasteiger partial charge on any atom is 0.162 e. The Balaban J connectivity index is 2.03. The molecule has 1 heterocycles. The molecule has 3 rings (SSSR count). The van der Waals surface area contributed by atoms with Gasteiger partial charge in [0.15, 0.2) is 11.5 Å². The molecule has 5 heteroatoms. The van der Waals surface area contributed by atoms with Crippen molar-refractivity contribution in [3.05, 3.63) is 56.0 Å². The van der Waals surface area contributed by atoms with Crippen LogP contribution >= 0.6 is 43.5 Å². The number of aryl methyl sites for hydroxylation is 1. The van der Waals surface area contributed by atoms with Crippen molar-refractivity contribution >= 4 is 43.5 Å². The Morgan fingerprint density at radius 1 is 1.00 bits per heavy atom. The summed E-state index contributed by atoms with van der Waals surface area (Å²) in [6, 6.07) is 9.99. The minimum absolute atomic E-state index is 0.247. The lowest BCUT2D eigenvalue weighted by atomic mass is 9.99. The van der Waals surface area contributed by atoms with Crippen LogP contribution in [0.25, 0.3) is 0 Å². The SMILES string of the molecule is Cc1cc(Br)ccc1C(Cl)c1cc2c(cc1Br)OCCO2. The molecular weight excluding hydrogens is 419 g/mol. The van der Waals surface area contributed by atoms with E-state index in [0.29, 0.717) is 13.2 Å². The van der Waals surface area contributed by atoms with Crippen LogP contribution in [0.4, 0.5) is 0 Å². The molecule has 0 saturated heterocycles. The molecule has 1 aliphatic rings. The Labute approximate surface area is 145 Å². The number of rotatable bonds is 2. The summed E-state index contributed by atoms with van der Waals surface area (Å²) in [5.74, 6) is 1.51. The topological polar surface area (TPSA) is 18.5 Å². The molecule has 1 atom stereocenters. The first-order valence-electron chi connectivity index (χ1n) is 6.55. The zero-order valence-corrected chi connectivity index (χ0v) is 15.3. The molecule has 0 saturated carbocycles. The van der Waals surface area contributed by atoms with Gasteiger partial charge in [0.05, 0.1) is 5.38 Å². The third-order valence-corrected chi connectivity index (χ3v) is 5.09. The van der Waals surface area contributed by atoms with Gasteiger partial charge in [0, 0.05) is 8.95 Å². The van der Waals surface area contributed by atoms with E-state index in [-0.39, 0.29) is 5.38 Å². The second-order valence-corrected chi connectivity index (χ2v) is 7.09. The standard InChI is InChI=1S/C16H13Br2ClO2/c1-9-6-10(17)2-3-11(9)16(19)12-7-14-15(8-13(12)18)21-5-4-20-14/h2-3,6-8,16H,4-5H2,1H3. The number of halogens is 3. The third kappa shape index (κ3) is 3.08. The highest BCUT2D eigenvalue weighted by atomic mass is 79.9. The lowest BCUT2D eigenvalue weighted by Gasteiger charge is -2.22. The van der Waals surface area contributed by atoms with Gasteiger partial charge in [-0.05, 0) is 47.9 Å². The van der Waals surface area contributed by atoms with Crippen LogP contribution in [0.5, 0.6) is 11.5 Å². The minimum atomic E-state index is -0.247. The van der Waals surface area contributed by atoms with E-state index < -0.39 is 0 Å². The highest BCUT2D eigenvalue weighted by Gasteiger charge is 2.21. The summed E-state index contributed by atoms with van der Waals surface area (Å²) < 4.78 is 13.2. The summed E-state index contributed by atoms with van der Waals surface area (Å²) in [6.45, 7) is 3.20. The van der Waals surface area contributed by atoms with Crippen molar-refractivity contribution in [2.45, 2.75) is 12.3 Å². The molecule has 0 spiro atoms. The van der Waals surface area contributed by atoms with Crippen LogP contribution in [-0.2, 0) is 0 Å². The molecule has 1 unspecified atom stereocenters. The molecule has 0 radical (unpaired) electrons. The van der Waals surface area contributed by atoms with Crippen LogP contribution < -0.4 is 9.47 Å². The van der Waals surface area contributed by atoms with Gasteiger partial charge >= 0.3 is 0 Å². The van der Waals surface area contributed by atoms with E-state index in [1.165, 1.54) is 0 Å². The van der Waals surface area contributed by atoms with Gasteiger partial charge < -0.3 is 9.47 Å². The maximum atomic E-state index is 6.70. The van der Waals surface area contributed by atoms with Crippen molar-refractivity contribution < 1.29 is 9.47 Å². The molecule has 0 aliphatic carbocycles. The summed E-state index contributed by atoms with van der Waals surface area (Å²) in [5.41, 5.74) is 3.20. The number of ether oxygens (including phenoxy) is 2. The van der Waals surface area contributed by atoms with Crippen molar-refractivity contribution in [3.63, 3.8) is 0 Å². The Morgan fingerprint density at radius 3 is 2.33 bits per heavy atom. The molecule has 2 aromatic carbocycles. The zero-order valence-electron chi connectivity index (χ0n) is 11.3. The van der Waals surface area contributed by atoms with Crippen molar-refractivity contribution in [1.82, 2.24) is 0 Å². The van der Waals surface area contributed by atoms with Crippen molar-refractivity contribution in [2.75, 3.05) is 13.2 Å². The molecule has 0 amide bonds. The lowest BCUT2D eigenvalue weighted by Crippen LogP contribution is -2.15. The van der Waals surface area contributed by atoms with Gasteiger partial charge in [-0.1, -0.05) is 37.9 Å². The van der Waals surface area contributed by atoms with Crippen LogP contribution in [-0.4, -0.2) is 13.2 Å². The molecule has 1 aliphatic heterocycles.